The highest BCUT2D eigenvalue weighted by atomic mass is 19.1. The summed E-state index contributed by atoms with van der Waals surface area (Å²) < 4.78 is 12.7. The Morgan fingerprint density at radius 1 is 1.42 bits per heavy atom. The molecule has 0 heterocycles. The van der Waals surface area contributed by atoms with Gasteiger partial charge in [-0.25, -0.2) is 4.39 Å². The molecule has 66 valence electrons. The first-order chi connectivity index (χ1) is 5.68. The van der Waals surface area contributed by atoms with E-state index in [1.54, 1.807) is 6.07 Å². The van der Waals surface area contributed by atoms with Gasteiger partial charge in [-0.2, -0.15) is 0 Å². The maximum absolute atomic E-state index is 12.7. The highest BCUT2D eigenvalue weighted by molar-refractivity contribution is 5.15. The van der Waals surface area contributed by atoms with Gasteiger partial charge in [0.2, 0.25) is 0 Å². The molecule has 1 N–H and O–H groups in total. The van der Waals surface area contributed by atoms with Gasteiger partial charge in [0, 0.05) is 20.6 Å². The molecule has 0 bridgehead atoms. The lowest BCUT2D eigenvalue weighted by molar-refractivity contribution is 0.286. The molecule has 1 aromatic rings. The van der Waals surface area contributed by atoms with Crippen molar-refractivity contribution in [3.05, 3.63) is 35.6 Å². The average molecular weight is 168 g/mol. The molecule has 0 aliphatic heterocycles. The van der Waals surface area contributed by atoms with Crippen molar-refractivity contribution in [2.45, 2.75) is 6.54 Å². The molecule has 0 aliphatic carbocycles. The van der Waals surface area contributed by atoms with Crippen molar-refractivity contribution in [3.63, 3.8) is 0 Å². The minimum atomic E-state index is -0.187. The van der Waals surface area contributed by atoms with Crippen LogP contribution in [0.4, 0.5) is 4.39 Å². The lowest BCUT2D eigenvalue weighted by Crippen LogP contribution is -2.29. The summed E-state index contributed by atoms with van der Waals surface area (Å²) in [6.45, 7) is 0.658. The fourth-order valence-corrected chi connectivity index (χ4v) is 0.896. The number of hydrazine groups is 1. The van der Waals surface area contributed by atoms with Crippen LogP contribution in [0.3, 0.4) is 0 Å². The SMILES string of the molecule is CN(C)NCc1cccc(F)c1. The predicted molar refractivity (Wildman–Crippen MR) is 46.9 cm³/mol. The number of hydrogen-bond donors (Lipinski definition) is 1. The van der Waals surface area contributed by atoms with E-state index in [4.69, 9.17) is 0 Å². The molecule has 0 spiro atoms. The number of halogens is 1. The van der Waals surface area contributed by atoms with E-state index in [9.17, 15) is 4.39 Å². The van der Waals surface area contributed by atoms with Crippen molar-refractivity contribution in [1.29, 1.82) is 0 Å². The largest absolute Gasteiger partial charge is 0.251 e. The van der Waals surface area contributed by atoms with E-state index < -0.39 is 0 Å². The maximum Gasteiger partial charge on any atom is 0.123 e. The van der Waals surface area contributed by atoms with Gasteiger partial charge in [-0.15, -0.1) is 0 Å². The van der Waals surface area contributed by atoms with Crippen LogP contribution in [0.2, 0.25) is 0 Å². The van der Waals surface area contributed by atoms with Gasteiger partial charge in [-0.1, -0.05) is 12.1 Å². The van der Waals surface area contributed by atoms with Gasteiger partial charge in [0.05, 0.1) is 0 Å². The Hall–Kier alpha value is -0.930. The van der Waals surface area contributed by atoms with Crippen molar-refractivity contribution < 1.29 is 4.39 Å². The van der Waals surface area contributed by atoms with Gasteiger partial charge in [0.25, 0.3) is 0 Å². The molecule has 0 aliphatic rings. The van der Waals surface area contributed by atoms with Crippen molar-refractivity contribution in [1.82, 2.24) is 10.4 Å². The van der Waals surface area contributed by atoms with Gasteiger partial charge in [-0.05, 0) is 17.7 Å². The number of hydrogen-bond acceptors (Lipinski definition) is 2. The van der Waals surface area contributed by atoms with Crippen LogP contribution in [-0.2, 0) is 6.54 Å². The van der Waals surface area contributed by atoms with E-state index in [1.807, 2.05) is 25.2 Å². The molecule has 2 nitrogen and oxygen atoms in total. The molecule has 0 amide bonds. The molecule has 0 unspecified atom stereocenters. The Morgan fingerprint density at radius 2 is 2.17 bits per heavy atom. The summed E-state index contributed by atoms with van der Waals surface area (Å²) >= 11 is 0. The monoisotopic (exact) mass is 168 g/mol. The Bertz CT molecular complexity index is 248. The zero-order valence-electron chi connectivity index (χ0n) is 7.34. The van der Waals surface area contributed by atoms with Crippen molar-refractivity contribution >= 4 is 0 Å². The third-order valence-electron chi connectivity index (χ3n) is 1.49. The van der Waals surface area contributed by atoms with Crippen molar-refractivity contribution in [3.8, 4) is 0 Å². The molecular weight excluding hydrogens is 155 g/mol. The lowest BCUT2D eigenvalue weighted by atomic mass is 10.2. The van der Waals surface area contributed by atoms with Gasteiger partial charge in [-0.3, -0.25) is 10.4 Å². The summed E-state index contributed by atoms with van der Waals surface area (Å²) in [5.74, 6) is -0.187. The summed E-state index contributed by atoms with van der Waals surface area (Å²) in [5.41, 5.74) is 4.00. The van der Waals surface area contributed by atoms with E-state index in [1.165, 1.54) is 12.1 Å². The Kier molecular flexibility index (Phi) is 3.19. The summed E-state index contributed by atoms with van der Waals surface area (Å²) in [7, 11) is 3.80. The van der Waals surface area contributed by atoms with Crippen LogP contribution in [0.25, 0.3) is 0 Å². The topological polar surface area (TPSA) is 15.3 Å². The molecule has 0 atom stereocenters. The standard InChI is InChI=1S/C9H13FN2/c1-12(2)11-7-8-4-3-5-9(10)6-8/h3-6,11H,7H2,1-2H3. The first kappa shape index (κ1) is 9.16. The number of nitrogens with one attached hydrogen (secondary N) is 1. The Balaban J connectivity index is 2.52. The van der Waals surface area contributed by atoms with Crippen LogP contribution in [0.1, 0.15) is 5.56 Å². The molecule has 12 heavy (non-hydrogen) atoms. The minimum absolute atomic E-state index is 0.187. The molecule has 0 fully saturated rings. The summed E-state index contributed by atoms with van der Waals surface area (Å²) in [6, 6.07) is 6.57. The second kappa shape index (κ2) is 4.18. The number of nitrogens with zero attached hydrogens (tertiary/aromatic N) is 1. The Morgan fingerprint density at radius 3 is 2.75 bits per heavy atom. The molecule has 0 saturated carbocycles. The van der Waals surface area contributed by atoms with Crippen molar-refractivity contribution in [2.75, 3.05) is 14.1 Å². The second-order valence-corrected chi connectivity index (χ2v) is 2.86. The van der Waals surface area contributed by atoms with Crippen LogP contribution in [0.5, 0.6) is 0 Å². The van der Waals surface area contributed by atoms with Gasteiger partial charge in [0.15, 0.2) is 0 Å². The quantitative estimate of drug-likeness (QED) is 0.686. The van der Waals surface area contributed by atoms with Crippen LogP contribution < -0.4 is 5.43 Å². The van der Waals surface area contributed by atoms with Crippen LogP contribution in [0, 0.1) is 5.82 Å². The normalized spacial score (nSPS) is 10.7. The Labute approximate surface area is 72.0 Å². The van der Waals surface area contributed by atoms with Gasteiger partial charge < -0.3 is 0 Å². The number of benzene rings is 1. The third-order valence-corrected chi connectivity index (χ3v) is 1.49. The maximum atomic E-state index is 12.7. The highest BCUT2D eigenvalue weighted by Crippen LogP contribution is 2.02. The predicted octanol–water partition coefficient (Wildman–Crippen LogP) is 1.39. The van der Waals surface area contributed by atoms with Gasteiger partial charge in [0.1, 0.15) is 5.82 Å². The smallest absolute Gasteiger partial charge is 0.123 e. The van der Waals surface area contributed by atoms with Gasteiger partial charge >= 0.3 is 0 Å². The molecule has 3 heteroatoms. The fraction of sp³-hybridized carbons (Fsp3) is 0.333. The van der Waals surface area contributed by atoms with Crippen LogP contribution in [0.15, 0.2) is 24.3 Å². The fourth-order valence-electron chi connectivity index (χ4n) is 0.896. The molecule has 0 radical (unpaired) electrons. The third kappa shape index (κ3) is 2.98. The van der Waals surface area contributed by atoms with E-state index in [0.717, 1.165) is 5.56 Å². The van der Waals surface area contributed by atoms with E-state index in [-0.39, 0.29) is 5.82 Å². The summed E-state index contributed by atoms with van der Waals surface area (Å²) in [6.07, 6.45) is 0. The molecule has 1 rings (SSSR count). The lowest BCUT2D eigenvalue weighted by Gasteiger charge is -2.11. The second-order valence-electron chi connectivity index (χ2n) is 2.86. The molecule has 0 aromatic heterocycles. The summed E-state index contributed by atoms with van der Waals surface area (Å²) in [4.78, 5) is 0. The number of rotatable bonds is 3. The summed E-state index contributed by atoms with van der Waals surface area (Å²) in [5, 5.41) is 1.84. The van der Waals surface area contributed by atoms with Crippen molar-refractivity contribution in [2.24, 2.45) is 0 Å². The highest BCUT2D eigenvalue weighted by Gasteiger charge is 1.94. The zero-order valence-corrected chi connectivity index (χ0v) is 7.34. The molecule has 0 saturated heterocycles. The average Bonchev–Trinajstić information content (AvgIpc) is 2.01. The zero-order chi connectivity index (χ0) is 8.97. The van der Waals surface area contributed by atoms with E-state index >= 15 is 0 Å². The van der Waals surface area contributed by atoms with Crippen LogP contribution in [-0.4, -0.2) is 19.1 Å². The van der Waals surface area contributed by atoms with Crippen LogP contribution >= 0.6 is 0 Å². The molecular formula is C9H13FN2. The van der Waals surface area contributed by atoms with E-state index in [0.29, 0.717) is 6.54 Å². The first-order valence-electron chi connectivity index (χ1n) is 3.84. The molecule has 1 aromatic carbocycles. The van der Waals surface area contributed by atoms with E-state index in [2.05, 4.69) is 5.43 Å². The first-order valence-corrected chi connectivity index (χ1v) is 3.84. The minimum Gasteiger partial charge on any atom is -0.251 e.